The standard InChI is InChI=1S/C21H19N3O3/c1-3-13-22-21(27)17-7-5-6-8-18(17)24-20(26)16-11-9-15(10-12-16)14-23-19(25)4-2/h1,4-12H,2,13-14H2,(H,22,27)(H,23,25)(H,24,26). The second-order valence-electron chi connectivity index (χ2n) is 5.51. The van der Waals surface area contributed by atoms with Crippen LogP contribution in [0.1, 0.15) is 26.3 Å². The highest BCUT2D eigenvalue weighted by molar-refractivity contribution is 6.09. The van der Waals surface area contributed by atoms with Crippen LogP contribution in [-0.2, 0) is 11.3 Å². The molecule has 0 aromatic heterocycles. The topological polar surface area (TPSA) is 87.3 Å². The highest BCUT2D eigenvalue weighted by Crippen LogP contribution is 2.16. The summed E-state index contributed by atoms with van der Waals surface area (Å²) in [5.74, 6) is 1.35. The Kier molecular flexibility index (Phi) is 6.91. The van der Waals surface area contributed by atoms with Crippen LogP contribution in [0.2, 0.25) is 0 Å². The molecule has 6 heteroatoms. The fourth-order valence-corrected chi connectivity index (χ4v) is 2.25. The summed E-state index contributed by atoms with van der Waals surface area (Å²) in [5, 5.41) is 7.96. The van der Waals surface area contributed by atoms with Crippen LogP contribution >= 0.6 is 0 Å². The van der Waals surface area contributed by atoms with Crippen LogP contribution in [-0.4, -0.2) is 24.3 Å². The molecule has 2 rings (SSSR count). The van der Waals surface area contributed by atoms with E-state index in [1.807, 2.05) is 0 Å². The molecule has 0 aliphatic rings. The van der Waals surface area contributed by atoms with Crippen molar-refractivity contribution in [2.75, 3.05) is 11.9 Å². The fraction of sp³-hybridized carbons (Fsp3) is 0.0952. The lowest BCUT2D eigenvalue weighted by atomic mass is 10.1. The normalized spacial score (nSPS) is 9.59. The van der Waals surface area contributed by atoms with Gasteiger partial charge in [-0.2, -0.15) is 0 Å². The average molecular weight is 361 g/mol. The predicted molar refractivity (Wildman–Crippen MR) is 104 cm³/mol. The van der Waals surface area contributed by atoms with E-state index >= 15 is 0 Å². The Labute approximate surface area is 157 Å². The number of carbonyl (C=O) groups is 3. The molecule has 0 bridgehead atoms. The summed E-state index contributed by atoms with van der Waals surface area (Å²) < 4.78 is 0. The third-order valence-electron chi connectivity index (χ3n) is 3.64. The van der Waals surface area contributed by atoms with Crippen molar-refractivity contribution >= 4 is 23.4 Å². The largest absolute Gasteiger partial charge is 0.348 e. The van der Waals surface area contributed by atoms with Crippen molar-refractivity contribution in [3.05, 3.63) is 77.9 Å². The van der Waals surface area contributed by atoms with E-state index in [2.05, 4.69) is 28.4 Å². The van der Waals surface area contributed by atoms with E-state index < -0.39 is 0 Å². The highest BCUT2D eigenvalue weighted by atomic mass is 16.2. The highest BCUT2D eigenvalue weighted by Gasteiger charge is 2.13. The number of terminal acetylenes is 1. The molecule has 3 amide bonds. The van der Waals surface area contributed by atoms with Gasteiger partial charge < -0.3 is 16.0 Å². The first-order chi connectivity index (χ1) is 13.0. The second kappa shape index (κ2) is 9.59. The maximum absolute atomic E-state index is 12.5. The molecule has 27 heavy (non-hydrogen) atoms. The smallest absolute Gasteiger partial charge is 0.255 e. The molecular formula is C21H19N3O3. The zero-order valence-corrected chi connectivity index (χ0v) is 14.6. The van der Waals surface area contributed by atoms with Gasteiger partial charge in [0.1, 0.15) is 0 Å². The number of anilines is 1. The number of amides is 3. The monoisotopic (exact) mass is 361 g/mol. The van der Waals surface area contributed by atoms with Gasteiger partial charge in [0.2, 0.25) is 5.91 Å². The van der Waals surface area contributed by atoms with Crippen molar-refractivity contribution < 1.29 is 14.4 Å². The number of hydrogen-bond donors (Lipinski definition) is 3. The fourth-order valence-electron chi connectivity index (χ4n) is 2.25. The molecule has 0 radical (unpaired) electrons. The second-order valence-corrected chi connectivity index (χ2v) is 5.51. The summed E-state index contributed by atoms with van der Waals surface area (Å²) in [6, 6.07) is 13.4. The van der Waals surface area contributed by atoms with Gasteiger partial charge in [0, 0.05) is 12.1 Å². The van der Waals surface area contributed by atoms with Gasteiger partial charge in [-0.3, -0.25) is 14.4 Å². The predicted octanol–water partition coefficient (Wildman–Crippen LogP) is 2.10. The lowest BCUT2D eigenvalue weighted by Gasteiger charge is -2.11. The van der Waals surface area contributed by atoms with E-state index in [1.54, 1.807) is 48.5 Å². The van der Waals surface area contributed by atoms with E-state index in [0.29, 0.717) is 23.4 Å². The molecule has 0 atom stereocenters. The van der Waals surface area contributed by atoms with Gasteiger partial charge in [0.15, 0.2) is 0 Å². The molecule has 0 heterocycles. The van der Waals surface area contributed by atoms with Crippen molar-refractivity contribution in [2.24, 2.45) is 0 Å². The molecule has 2 aromatic rings. The molecule has 0 unspecified atom stereocenters. The Morgan fingerprint density at radius 2 is 1.70 bits per heavy atom. The van der Waals surface area contributed by atoms with Gasteiger partial charge in [0.05, 0.1) is 17.8 Å². The summed E-state index contributed by atoms with van der Waals surface area (Å²) in [5.41, 5.74) is 1.98. The number of benzene rings is 2. The minimum atomic E-state index is -0.364. The van der Waals surface area contributed by atoms with Crippen molar-refractivity contribution in [3.63, 3.8) is 0 Å². The van der Waals surface area contributed by atoms with Crippen molar-refractivity contribution in [1.29, 1.82) is 0 Å². The van der Waals surface area contributed by atoms with E-state index in [4.69, 9.17) is 6.42 Å². The van der Waals surface area contributed by atoms with E-state index in [9.17, 15) is 14.4 Å². The van der Waals surface area contributed by atoms with E-state index in [1.165, 1.54) is 6.08 Å². The molecule has 2 aromatic carbocycles. The Morgan fingerprint density at radius 3 is 2.37 bits per heavy atom. The maximum atomic E-state index is 12.5. The number of para-hydroxylation sites is 1. The molecular weight excluding hydrogens is 342 g/mol. The molecule has 0 saturated carbocycles. The van der Waals surface area contributed by atoms with Crippen LogP contribution in [0.15, 0.2) is 61.2 Å². The minimum absolute atomic E-state index is 0.102. The molecule has 0 aliphatic carbocycles. The Hall–Kier alpha value is -3.85. The van der Waals surface area contributed by atoms with Crippen LogP contribution in [0, 0.1) is 12.3 Å². The molecule has 0 spiro atoms. The van der Waals surface area contributed by atoms with Gasteiger partial charge in [-0.1, -0.05) is 36.8 Å². The first kappa shape index (κ1) is 19.5. The minimum Gasteiger partial charge on any atom is -0.348 e. The van der Waals surface area contributed by atoms with Gasteiger partial charge in [-0.05, 0) is 35.9 Å². The summed E-state index contributed by atoms with van der Waals surface area (Å²) in [7, 11) is 0. The first-order valence-electron chi connectivity index (χ1n) is 8.16. The lowest BCUT2D eigenvalue weighted by Crippen LogP contribution is -2.25. The summed E-state index contributed by atoms with van der Waals surface area (Å²) in [6.45, 7) is 3.82. The SMILES string of the molecule is C#CCNC(=O)c1ccccc1NC(=O)c1ccc(CNC(=O)C=C)cc1. The third-order valence-corrected chi connectivity index (χ3v) is 3.64. The summed E-state index contributed by atoms with van der Waals surface area (Å²) >= 11 is 0. The molecule has 3 N–H and O–H groups in total. The zero-order chi connectivity index (χ0) is 19.6. The van der Waals surface area contributed by atoms with Gasteiger partial charge in [0.25, 0.3) is 11.8 Å². The summed E-state index contributed by atoms with van der Waals surface area (Å²) in [6.07, 6.45) is 6.34. The van der Waals surface area contributed by atoms with E-state index in [-0.39, 0.29) is 24.3 Å². The maximum Gasteiger partial charge on any atom is 0.255 e. The molecule has 0 saturated heterocycles. The quantitative estimate of drug-likeness (QED) is 0.521. The number of hydrogen-bond acceptors (Lipinski definition) is 3. The van der Waals surface area contributed by atoms with Gasteiger partial charge in [-0.25, -0.2) is 0 Å². The lowest BCUT2D eigenvalue weighted by molar-refractivity contribution is -0.116. The zero-order valence-electron chi connectivity index (χ0n) is 14.6. The van der Waals surface area contributed by atoms with Crippen molar-refractivity contribution in [1.82, 2.24) is 10.6 Å². The van der Waals surface area contributed by atoms with Crippen LogP contribution in [0.5, 0.6) is 0 Å². The van der Waals surface area contributed by atoms with Gasteiger partial charge in [-0.15, -0.1) is 6.42 Å². The molecule has 136 valence electrons. The van der Waals surface area contributed by atoms with Crippen LogP contribution in [0.4, 0.5) is 5.69 Å². The van der Waals surface area contributed by atoms with Gasteiger partial charge >= 0.3 is 0 Å². The first-order valence-corrected chi connectivity index (χ1v) is 8.16. The van der Waals surface area contributed by atoms with E-state index in [0.717, 1.165) is 5.56 Å². The Balaban J connectivity index is 2.07. The van der Waals surface area contributed by atoms with Crippen LogP contribution < -0.4 is 16.0 Å². The number of nitrogens with one attached hydrogen (secondary N) is 3. The molecule has 0 fully saturated rings. The third kappa shape index (κ3) is 5.58. The van der Waals surface area contributed by atoms with Crippen LogP contribution in [0.3, 0.4) is 0 Å². The number of carbonyl (C=O) groups excluding carboxylic acids is 3. The van der Waals surface area contributed by atoms with Crippen molar-refractivity contribution in [2.45, 2.75) is 6.54 Å². The van der Waals surface area contributed by atoms with Crippen LogP contribution in [0.25, 0.3) is 0 Å². The Morgan fingerprint density at radius 1 is 1.00 bits per heavy atom. The summed E-state index contributed by atoms with van der Waals surface area (Å²) in [4.78, 5) is 35.8. The average Bonchev–Trinajstić information content (AvgIpc) is 2.70. The van der Waals surface area contributed by atoms with Crippen molar-refractivity contribution in [3.8, 4) is 12.3 Å². The molecule has 6 nitrogen and oxygen atoms in total. The number of rotatable bonds is 7. The molecule has 0 aliphatic heterocycles. The Bertz CT molecular complexity index is 896.